The van der Waals surface area contributed by atoms with E-state index >= 15 is 0 Å². The van der Waals surface area contributed by atoms with Crippen molar-refractivity contribution in [1.82, 2.24) is 10.6 Å². The molecule has 0 aliphatic heterocycles. The van der Waals surface area contributed by atoms with E-state index in [2.05, 4.69) is 10.6 Å². The van der Waals surface area contributed by atoms with E-state index in [0.717, 1.165) is 18.4 Å². The lowest BCUT2D eigenvalue weighted by Crippen LogP contribution is -2.43. The molecule has 1 amide bonds. The Kier molecular flexibility index (Phi) is 5.55. The molecule has 2 atom stereocenters. The third-order valence-corrected chi connectivity index (χ3v) is 5.20. The zero-order chi connectivity index (χ0) is 16.1. The summed E-state index contributed by atoms with van der Waals surface area (Å²) in [6.07, 6.45) is 8.28. The van der Waals surface area contributed by atoms with Crippen molar-refractivity contribution in [3.8, 4) is 5.75 Å². The Balaban J connectivity index is 1.41. The zero-order valence-corrected chi connectivity index (χ0v) is 14.0. The number of methoxy groups -OCH3 is 1. The molecule has 4 nitrogen and oxygen atoms in total. The quantitative estimate of drug-likeness (QED) is 0.760. The number of amides is 1. The molecule has 0 aromatic heterocycles. The predicted molar refractivity (Wildman–Crippen MR) is 91.8 cm³/mol. The van der Waals surface area contributed by atoms with Crippen LogP contribution in [-0.4, -0.2) is 32.1 Å². The first-order valence-electron chi connectivity index (χ1n) is 8.93. The molecule has 2 N–H and O–H groups in total. The van der Waals surface area contributed by atoms with Crippen LogP contribution in [0.1, 0.15) is 48.9 Å². The average Bonchev–Trinajstić information content (AvgIpc) is 3.44. The Labute approximate surface area is 139 Å². The van der Waals surface area contributed by atoms with Crippen LogP contribution in [-0.2, 0) is 0 Å². The highest BCUT2D eigenvalue weighted by atomic mass is 16.5. The highest BCUT2D eigenvalue weighted by Crippen LogP contribution is 2.43. The first kappa shape index (κ1) is 16.3. The monoisotopic (exact) mass is 316 g/mol. The van der Waals surface area contributed by atoms with Crippen molar-refractivity contribution in [2.45, 2.75) is 44.6 Å². The van der Waals surface area contributed by atoms with Crippen LogP contribution in [0.25, 0.3) is 0 Å². The molecule has 2 fully saturated rings. The van der Waals surface area contributed by atoms with E-state index in [-0.39, 0.29) is 5.91 Å². The Morgan fingerprint density at radius 1 is 1.17 bits per heavy atom. The largest absolute Gasteiger partial charge is 0.497 e. The number of carbonyl (C=O) groups is 1. The van der Waals surface area contributed by atoms with E-state index in [1.54, 1.807) is 13.2 Å². The van der Waals surface area contributed by atoms with Crippen LogP contribution in [0, 0.1) is 11.8 Å². The molecule has 3 rings (SSSR count). The SMILES string of the molecule is COc1cccc(C(=O)NCCN[C@@H]2CCCC[C@H]2C2CC2)c1. The molecule has 2 saturated carbocycles. The fourth-order valence-electron chi connectivity index (χ4n) is 3.80. The van der Waals surface area contributed by atoms with Crippen molar-refractivity contribution in [2.24, 2.45) is 11.8 Å². The lowest BCUT2D eigenvalue weighted by atomic mass is 9.81. The Morgan fingerprint density at radius 2 is 2.00 bits per heavy atom. The first-order valence-corrected chi connectivity index (χ1v) is 8.93. The van der Waals surface area contributed by atoms with Crippen molar-refractivity contribution in [3.63, 3.8) is 0 Å². The molecule has 2 aliphatic rings. The summed E-state index contributed by atoms with van der Waals surface area (Å²) in [4.78, 5) is 12.2. The van der Waals surface area contributed by atoms with Gasteiger partial charge in [-0.05, 0) is 55.7 Å². The van der Waals surface area contributed by atoms with Crippen LogP contribution in [0.15, 0.2) is 24.3 Å². The number of carbonyl (C=O) groups excluding carboxylic acids is 1. The fourth-order valence-corrected chi connectivity index (χ4v) is 3.80. The van der Waals surface area contributed by atoms with Gasteiger partial charge < -0.3 is 15.4 Å². The van der Waals surface area contributed by atoms with Crippen molar-refractivity contribution in [3.05, 3.63) is 29.8 Å². The molecule has 2 aliphatic carbocycles. The van der Waals surface area contributed by atoms with Gasteiger partial charge in [-0.3, -0.25) is 4.79 Å². The second-order valence-electron chi connectivity index (χ2n) is 6.83. The van der Waals surface area contributed by atoms with Gasteiger partial charge in [0.25, 0.3) is 5.91 Å². The minimum atomic E-state index is -0.0342. The number of benzene rings is 1. The maximum atomic E-state index is 12.2. The fraction of sp³-hybridized carbons (Fsp3) is 0.632. The highest BCUT2D eigenvalue weighted by molar-refractivity contribution is 5.94. The number of ether oxygens (including phenoxy) is 1. The van der Waals surface area contributed by atoms with Crippen molar-refractivity contribution >= 4 is 5.91 Å². The topological polar surface area (TPSA) is 50.4 Å². The number of rotatable bonds is 7. The Morgan fingerprint density at radius 3 is 2.78 bits per heavy atom. The third kappa shape index (κ3) is 4.47. The van der Waals surface area contributed by atoms with Gasteiger partial charge in [0.1, 0.15) is 5.75 Å². The Hall–Kier alpha value is -1.55. The molecule has 0 saturated heterocycles. The minimum absolute atomic E-state index is 0.0342. The molecular weight excluding hydrogens is 288 g/mol. The maximum Gasteiger partial charge on any atom is 0.251 e. The van der Waals surface area contributed by atoms with E-state index in [9.17, 15) is 4.79 Å². The minimum Gasteiger partial charge on any atom is -0.497 e. The van der Waals surface area contributed by atoms with Gasteiger partial charge in [-0.25, -0.2) is 0 Å². The summed E-state index contributed by atoms with van der Waals surface area (Å²) in [5.41, 5.74) is 0.651. The summed E-state index contributed by atoms with van der Waals surface area (Å²) >= 11 is 0. The van der Waals surface area contributed by atoms with E-state index in [1.807, 2.05) is 18.2 Å². The normalized spacial score (nSPS) is 24.2. The third-order valence-electron chi connectivity index (χ3n) is 5.20. The predicted octanol–water partition coefficient (Wildman–Crippen LogP) is 2.98. The Bertz CT molecular complexity index is 528. The van der Waals surface area contributed by atoms with Gasteiger partial charge in [0.2, 0.25) is 0 Å². The first-order chi connectivity index (χ1) is 11.3. The second kappa shape index (κ2) is 7.82. The summed E-state index contributed by atoms with van der Waals surface area (Å²) in [6, 6.07) is 7.93. The number of nitrogens with one attached hydrogen (secondary N) is 2. The van der Waals surface area contributed by atoms with E-state index < -0.39 is 0 Å². The van der Waals surface area contributed by atoms with Crippen molar-refractivity contribution < 1.29 is 9.53 Å². The molecular formula is C19H28N2O2. The van der Waals surface area contributed by atoms with Crippen molar-refractivity contribution in [1.29, 1.82) is 0 Å². The smallest absolute Gasteiger partial charge is 0.251 e. The summed E-state index contributed by atoms with van der Waals surface area (Å²) in [7, 11) is 1.61. The summed E-state index contributed by atoms with van der Waals surface area (Å²) in [5.74, 6) is 2.52. The molecule has 1 aromatic rings. The summed E-state index contributed by atoms with van der Waals surface area (Å²) < 4.78 is 5.16. The molecule has 126 valence electrons. The molecule has 0 radical (unpaired) electrons. The van der Waals surface area contributed by atoms with E-state index in [0.29, 0.717) is 23.9 Å². The molecule has 4 heteroatoms. The highest BCUT2D eigenvalue weighted by Gasteiger charge is 2.37. The van der Waals surface area contributed by atoms with E-state index in [4.69, 9.17) is 4.74 Å². The second-order valence-corrected chi connectivity index (χ2v) is 6.83. The number of hydrogen-bond acceptors (Lipinski definition) is 3. The van der Waals surface area contributed by atoms with Gasteiger partial charge in [-0.2, -0.15) is 0 Å². The lowest BCUT2D eigenvalue weighted by Gasteiger charge is -2.32. The lowest BCUT2D eigenvalue weighted by molar-refractivity contribution is 0.0952. The van der Waals surface area contributed by atoms with Gasteiger partial charge in [0.05, 0.1) is 7.11 Å². The maximum absolute atomic E-state index is 12.2. The summed E-state index contributed by atoms with van der Waals surface area (Å²) in [5, 5.41) is 6.68. The van der Waals surface area contributed by atoms with Gasteiger partial charge in [-0.15, -0.1) is 0 Å². The van der Waals surface area contributed by atoms with Crippen LogP contribution in [0.3, 0.4) is 0 Å². The molecule has 23 heavy (non-hydrogen) atoms. The zero-order valence-electron chi connectivity index (χ0n) is 14.0. The number of hydrogen-bond donors (Lipinski definition) is 2. The summed E-state index contributed by atoms with van der Waals surface area (Å²) in [6.45, 7) is 1.52. The van der Waals surface area contributed by atoms with Gasteiger partial charge in [0, 0.05) is 24.7 Å². The molecule has 0 heterocycles. The van der Waals surface area contributed by atoms with Crippen LogP contribution < -0.4 is 15.4 Å². The van der Waals surface area contributed by atoms with E-state index in [1.165, 1.54) is 38.5 Å². The molecule has 0 spiro atoms. The standard InChI is InChI=1S/C19H28N2O2/c1-23-16-6-4-5-15(13-16)19(22)21-12-11-20-18-8-3-2-7-17(18)14-9-10-14/h4-6,13-14,17-18,20H,2-3,7-12H2,1H3,(H,21,22)/t17-,18+/m0/s1. The van der Waals surface area contributed by atoms with Crippen LogP contribution >= 0.6 is 0 Å². The van der Waals surface area contributed by atoms with Gasteiger partial charge in [-0.1, -0.05) is 18.9 Å². The van der Waals surface area contributed by atoms with Gasteiger partial charge >= 0.3 is 0 Å². The molecule has 1 aromatic carbocycles. The molecule has 0 unspecified atom stereocenters. The molecule has 0 bridgehead atoms. The van der Waals surface area contributed by atoms with Crippen LogP contribution in [0.2, 0.25) is 0 Å². The average molecular weight is 316 g/mol. The van der Waals surface area contributed by atoms with Gasteiger partial charge in [0.15, 0.2) is 0 Å². The van der Waals surface area contributed by atoms with Crippen LogP contribution in [0.4, 0.5) is 0 Å². The van der Waals surface area contributed by atoms with Crippen molar-refractivity contribution in [2.75, 3.05) is 20.2 Å². The van der Waals surface area contributed by atoms with Crippen LogP contribution in [0.5, 0.6) is 5.75 Å².